The molecule has 1 aromatic rings. The lowest BCUT2D eigenvalue weighted by molar-refractivity contribution is 0.0148. The SMILES string of the molecule is NCCC(O)C(O)c1ccc(Br)c(F)c1. The van der Waals surface area contributed by atoms with Crippen molar-refractivity contribution in [1.29, 1.82) is 0 Å². The molecule has 0 heterocycles. The minimum Gasteiger partial charge on any atom is -0.390 e. The van der Waals surface area contributed by atoms with Crippen LogP contribution in [0.4, 0.5) is 4.39 Å². The van der Waals surface area contributed by atoms with Crippen LogP contribution in [0.25, 0.3) is 0 Å². The van der Waals surface area contributed by atoms with Crippen molar-refractivity contribution < 1.29 is 14.6 Å². The molecular weight excluding hydrogens is 265 g/mol. The quantitative estimate of drug-likeness (QED) is 0.778. The molecular formula is C10H13BrFNO2. The standard InChI is InChI=1S/C10H13BrFNO2/c11-7-2-1-6(5-8(7)12)10(15)9(14)3-4-13/h1-2,5,9-10,14-15H,3-4,13H2. The molecule has 5 heteroatoms. The molecule has 2 atom stereocenters. The summed E-state index contributed by atoms with van der Waals surface area (Å²) in [4.78, 5) is 0. The first-order valence-corrected chi connectivity index (χ1v) is 5.36. The number of hydrogen-bond acceptors (Lipinski definition) is 3. The maximum absolute atomic E-state index is 13.1. The Hall–Kier alpha value is -0.490. The van der Waals surface area contributed by atoms with Gasteiger partial charge >= 0.3 is 0 Å². The van der Waals surface area contributed by atoms with Gasteiger partial charge in [0.15, 0.2) is 0 Å². The molecule has 0 saturated carbocycles. The summed E-state index contributed by atoms with van der Waals surface area (Å²) < 4.78 is 13.5. The van der Waals surface area contributed by atoms with E-state index in [0.29, 0.717) is 10.0 Å². The van der Waals surface area contributed by atoms with Crippen molar-refractivity contribution in [3.05, 3.63) is 34.1 Å². The Morgan fingerprint density at radius 3 is 2.60 bits per heavy atom. The first-order chi connectivity index (χ1) is 7.06. The van der Waals surface area contributed by atoms with E-state index in [1.165, 1.54) is 12.1 Å². The molecule has 2 unspecified atom stereocenters. The smallest absolute Gasteiger partial charge is 0.137 e. The minimum absolute atomic E-state index is 0.275. The van der Waals surface area contributed by atoms with Crippen LogP contribution in [0, 0.1) is 5.82 Å². The van der Waals surface area contributed by atoms with E-state index in [2.05, 4.69) is 15.9 Å². The van der Waals surface area contributed by atoms with Crippen LogP contribution < -0.4 is 5.73 Å². The van der Waals surface area contributed by atoms with Crippen LogP contribution in [0.1, 0.15) is 18.1 Å². The Morgan fingerprint density at radius 2 is 2.07 bits per heavy atom. The Balaban J connectivity index is 2.81. The first kappa shape index (κ1) is 12.6. The monoisotopic (exact) mass is 277 g/mol. The van der Waals surface area contributed by atoms with Gasteiger partial charge in [0.05, 0.1) is 10.6 Å². The Bertz CT molecular complexity index is 335. The zero-order chi connectivity index (χ0) is 11.4. The Kier molecular flexibility index (Phi) is 4.66. The second-order valence-corrected chi connectivity index (χ2v) is 4.12. The van der Waals surface area contributed by atoms with Gasteiger partial charge in [-0.25, -0.2) is 4.39 Å². The third-order valence-corrected chi connectivity index (χ3v) is 2.76. The highest BCUT2D eigenvalue weighted by Gasteiger charge is 2.18. The molecule has 3 nitrogen and oxygen atoms in total. The Labute approximate surface area is 95.9 Å². The lowest BCUT2D eigenvalue weighted by Gasteiger charge is -2.17. The third-order valence-electron chi connectivity index (χ3n) is 2.11. The van der Waals surface area contributed by atoms with Crippen LogP contribution in [0.15, 0.2) is 22.7 Å². The van der Waals surface area contributed by atoms with Crippen molar-refractivity contribution in [3.8, 4) is 0 Å². The van der Waals surface area contributed by atoms with E-state index in [9.17, 15) is 14.6 Å². The fraction of sp³-hybridized carbons (Fsp3) is 0.400. The van der Waals surface area contributed by atoms with Gasteiger partial charge in [-0.1, -0.05) is 6.07 Å². The molecule has 0 saturated heterocycles. The summed E-state index contributed by atoms with van der Waals surface area (Å²) in [7, 11) is 0. The van der Waals surface area contributed by atoms with Gasteiger partial charge in [-0.05, 0) is 46.6 Å². The minimum atomic E-state index is -1.10. The zero-order valence-corrected chi connectivity index (χ0v) is 9.61. The highest BCUT2D eigenvalue weighted by molar-refractivity contribution is 9.10. The number of benzene rings is 1. The van der Waals surface area contributed by atoms with Crippen LogP contribution in [0.3, 0.4) is 0 Å². The van der Waals surface area contributed by atoms with E-state index in [0.717, 1.165) is 0 Å². The summed E-state index contributed by atoms with van der Waals surface area (Å²) in [5.41, 5.74) is 5.59. The second kappa shape index (κ2) is 5.55. The average Bonchev–Trinajstić information content (AvgIpc) is 2.21. The molecule has 84 valence electrons. The van der Waals surface area contributed by atoms with Crippen molar-refractivity contribution in [3.63, 3.8) is 0 Å². The third kappa shape index (κ3) is 3.24. The molecule has 0 amide bonds. The first-order valence-electron chi connectivity index (χ1n) is 4.57. The summed E-state index contributed by atoms with van der Waals surface area (Å²) >= 11 is 3.01. The predicted molar refractivity (Wildman–Crippen MR) is 58.7 cm³/mol. The van der Waals surface area contributed by atoms with Gasteiger partial charge in [-0.15, -0.1) is 0 Å². The second-order valence-electron chi connectivity index (χ2n) is 3.26. The summed E-state index contributed by atoms with van der Waals surface area (Å²) in [6.07, 6.45) is -1.79. The number of rotatable bonds is 4. The number of halogens is 2. The lowest BCUT2D eigenvalue weighted by atomic mass is 10.0. The maximum atomic E-state index is 13.1. The number of nitrogens with two attached hydrogens (primary N) is 1. The molecule has 1 aromatic carbocycles. The predicted octanol–water partition coefficient (Wildman–Crippen LogP) is 1.33. The molecule has 0 aliphatic carbocycles. The van der Waals surface area contributed by atoms with Crippen molar-refractivity contribution in [2.45, 2.75) is 18.6 Å². The summed E-state index contributed by atoms with van der Waals surface area (Å²) in [5.74, 6) is -0.466. The largest absolute Gasteiger partial charge is 0.390 e. The van der Waals surface area contributed by atoms with Crippen molar-refractivity contribution in [2.24, 2.45) is 5.73 Å². The van der Waals surface area contributed by atoms with Gasteiger partial charge < -0.3 is 15.9 Å². The molecule has 0 bridgehead atoms. The van der Waals surface area contributed by atoms with Gasteiger partial charge in [0.25, 0.3) is 0 Å². The summed E-state index contributed by atoms with van der Waals surface area (Å²) in [6, 6.07) is 4.23. The summed E-state index contributed by atoms with van der Waals surface area (Å²) in [6.45, 7) is 0.275. The van der Waals surface area contributed by atoms with E-state index >= 15 is 0 Å². The zero-order valence-electron chi connectivity index (χ0n) is 8.03. The van der Waals surface area contributed by atoms with Crippen LogP contribution in [0.5, 0.6) is 0 Å². The topological polar surface area (TPSA) is 66.5 Å². The fourth-order valence-electron chi connectivity index (χ4n) is 1.25. The van der Waals surface area contributed by atoms with Gasteiger partial charge in [-0.3, -0.25) is 0 Å². The highest BCUT2D eigenvalue weighted by atomic mass is 79.9. The van der Waals surface area contributed by atoms with E-state index in [4.69, 9.17) is 5.73 Å². The average molecular weight is 278 g/mol. The molecule has 4 N–H and O–H groups in total. The van der Waals surface area contributed by atoms with Gasteiger partial charge in [-0.2, -0.15) is 0 Å². The number of aliphatic hydroxyl groups excluding tert-OH is 2. The fourth-order valence-corrected chi connectivity index (χ4v) is 1.49. The van der Waals surface area contributed by atoms with E-state index in [-0.39, 0.29) is 13.0 Å². The maximum Gasteiger partial charge on any atom is 0.137 e. The molecule has 1 rings (SSSR count). The molecule has 0 radical (unpaired) electrons. The molecule has 0 aliphatic rings. The molecule has 0 aromatic heterocycles. The van der Waals surface area contributed by atoms with Crippen LogP contribution >= 0.6 is 15.9 Å². The molecule has 15 heavy (non-hydrogen) atoms. The van der Waals surface area contributed by atoms with E-state index in [1.54, 1.807) is 6.07 Å². The van der Waals surface area contributed by atoms with Crippen molar-refractivity contribution in [2.75, 3.05) is 6.54 Å². The van der Waals surface area contributed by atoms with Crippen LogP contribution in [0.2, 0.25) is 0 Å². The molecule has 0 fully saturated rings. The van der Waals surface area contributed by atoms with Crippen molar-refractivity contribution >= 4 is 15.9 Å². The number of aliphatic hydroxyl groups is 2. The molecule has 0 spiro atoms. The highest BCUT2D eigenvalue weighted by Crippen LogP contribution is 2.23. The summed E-state index contributed by atoms with van der Waals surface area (Å²) in [5, 5.41) is 19.1. The van der Waals surface area contributed by atoms with Crippen molar-refractivity contribution in [1.82, 2.24) is 0 Å². The Morgan fingerprint density at radius 1 is 1.40 bits per heavy atom. The van der Waals surface area contributed by atoms with Gasteiger partial charge in [0, 0.05) is 0 Å². The van der Waals surface area contributed by atoms with Gasteiger partial charge in [0.1, 0.15) is 11.9 Å². The molecule has 0 aliphatic heterocycles. The number of hydrogen-bond donors (Lipinski definition) is 3. The van der Waals surface area contributed by atoms with Crippen LogP contribution in [-0.4, -0.2) is 22.9 Å². The van der Waals surface area contributed by atoms with Gasteiger partial charge in [0.2, 0.25) is 0 Å². The normalized spacial score (nSPS) is 15.0. The lowest BCUT2D eigenvalue weighted by Crippen LogP contribution is -2.21. The van der Waals surface area contributed by atoms with E-state index < -0.39 is 18.0 Å². The van der Waals surface area contributed by atoms with Crippen LogP contribution in [-0.2, 0) is 0 Å². The van der Waals surface area contributed by atoms with E-state index in [1.807, 2.05) is 0 Å².